The maximum Gasteiger partial charge on any atom is 0.407 e. The van der Waals surface area contributed by atoms with Gasteiger partial charge in [0, 0.05) is 32.1 Å². The van der Waals surface area contributed by atoms with E-state index < -0.39 is 11.7 Å². The lowest BCUT2D eigenvalue weighted by Gasteiger charge is -2.19. The van der Waals surface area contributed by atoms with Crippen LogP contribution in [0.2, 0.25) is 0 Å². The first kappa shape index (κ1) is 23.5. The highest BCUT2D eigenvalue weighted by molar-refractivity contribution is 5.94. The molecule has 156 valence electrons. The van der Waals surface area contributed by atoms with Crippen LogP contribution in [0.4, 0.5) is 4.79 Å². The van der Waals surface area contributed by atoms with Gasteiger partial charge >= 0.3 is 6.09 Å². The van der Waals surface area contributed by atoms with Crippen LogP contribution in [-0.2, 0) is 16.1 Å². The van der Waals surface area contributed by atoms with Crippen LogP contribution in [0.25, 0.3) is 0 Å². The van der Waals surface area contributed by atoms with Crippen molar-refractivity contribution in [1.29, 1.82) is 0 Å². The van der Waals surface area contributed by atoms with Crippen molar-refractivity contribution in [3.8, 4) is 0 Å². The van der Waals surface area contributed by atoms with Gasteiger partial charge < -0.3 is 20.7 Å². The molecule has 0 aliphatic heterocycles. The molecule has 0 heterocycles. The minimum Gasteiger partial charge on any atom is -0.444 e. The predicted molar refractivity (Wildman–Crippen MR) is 109 cm³/mol. The zero-order valence-corrected chi connectivity index (χ0v) is 17.4. The molecule has 0 spiro atoms. The molecule has 7 nitrogen and oxygen atoms in total. The summed E-state index contributed by atoms with van der Waals surface area (Å²) in [5.74, 6) is -0.108. The van der Waals surface area contributed by atoms with Crippen molar-refractivity contribution in [3.05, 3.63) is 35.4 Å². The van der Waals surface area contributed by atoms with Crippen LogP contribution >= 0.6 is 0 Å². The summed E-state index contributed by atoms with van der Waals surface area (Å²) in [6, 6.07) is 7.12. The van der Waals surface area contributed by atoms with Gasteiger partial charge in [0.1, 0.15) is 5.60 Å². The van der Waals surface area contributed by atoms with E-state index in [9.17, 15) is 14.4 Å². The number of hydrogen-bond donors (Lipinski definition) is 3. The Labute approximate surface area is 167 Å². The van der Waals surface area contributed by atoms with E-state index in [0.717, 1.165) is 31.2 Å². The average molecular weight is 392 g/mol. The van der Waals surface area contributed by atoms with Crippen LogP contribution < -0.4 is 16.0 Å². The van der Waals surface area contributed by atoms with Crippen molar-refractivity contribution in [1.82, 2.24) is 16.0 Å². The molecular weight excluding hydrogens is 358 g/mol. The lowest BCUT2D eigenvalue weighted by molar-refractivity contribution is -0.118. The molecule has 1 rings (SSSR count). The fourth-order valence-corrected chi connectivity index (χ4v) is 2.43. The number of unbranched alkanes of at least 4 members (excludes halogenated alkanes) is 3. The highest BCUT2D eigenvalue weighted by atomic mass is 16.6. The van der Waals surface area contributed by atoms with Gasteiger partial charge in [0.15, 0.2) is 0 Å². The molecule has 0 bridgehead atoms. The molecular formula is C21H33N3O4. The van der Waals surface area contributed by atoms with Crippen LogP contribution in [0.1, 0.15) is 69.3 Å². The van der Waals surface area contributed by atoms with Gasteiger partial charge in [-0.2, -0.15) is 0 Å². The standard InChI is InChI=1S/C21H33N3O4/c1-16(25)22-13-7-5-6-8-14-23-19(26)18-11-9-17(10-12-18)15-24-20(27)28-21(2,3)4/h9-12H,5-8,13-15H2,1-4H3,(H,22,25)(H,23,26)(H,24,27). The zero-order valence-electron chi connectivity index (χ0n) is 17.4. The molecule has 0 aliphatic rings. The summed E-state index contributed by atoms with van der Waals surface area (Å²) >= 11 is 0. The van der Waals surface area contributed by atoms with Crippen molar-refractivity contribution in [3.63, 3.8) is 0 Å². The summed E-state index contributed by atoms with van der Waals surface area (Å²) in [4.78, 5) is 34.5. The van der Waals surface area contributed by atoms with E-state index in [1.807, 2.05) is 32.9 Å². The highest BCUT2D eigenvalue weighted by Crippen LogP contribution is 2.08. The van der Waals surface area contributed by atoms with E-state index in [1.54, 1.807) is 12.1 Å². The maximum absolute atomic E-state index is 12.1. The van der Waals surface area contributed by atoms with Gasteiger partial charge in [0.05, 0.1) is 0 Å². The van der Waals surface area contributed by atoms with E-state index in [0.29, 0.717) is 25.2 Å². The molecule has 28 heavy (non-hydrogen) atoms. The number of ether oxygens (including phenoxy) is 1. The summed E-state index contributed by atoms with van der Waals surface area (Å²) < 4.78 is 5.18. The van der Waals surface area contributed by atoms with Crippen molar-refractivity contribution >= 4 is 17.9 Å². The van der Waals surface area contributed by atoms with Gasteiger partial charge in [0.2, 0.25) is 5.91 Å². The Morgan fingerprint density at radius 3 is 1.96 bits per heavy atom. The van der Waals surface area contributed by atoms with Crippen LogP contribution in [0.5, 0.6) is 0 Å². The lowest BCUT2D eigenvalue weighted by atomic mass is 10.1. The molecule has 0 saturated carbocycles. The Kier molecular flexibility index (Phi) is 10.1. The smallest absolute Gasteiger partial charge is 0.407 e. The number of nitrogens with one attached hydrogen (secondary N) is 3. The third-order valence-electron chi connectivity index (χ3n) is 3.81. The molecule has 1 aromatic carbocycles. The zero-order chi connectivity index (χ0) is 21.0. The van der Waals surface area contributed by atoms with Gasteiger partial charge in [0.25, 0.3) is 5.91 Å². The van der Waals surface area contributed by atoms with Crippen LogP contribution in [0, 0.1) is 0 Å². The van der Waals surface area contributed by atoms with E-state index >= 15 is 0 Å². The number of benzene rings is 1. The van der Waals surface area contributed by atoms with Crippen LogP contribution in [0.15, 0.2) is 24.3 Å². The fraction of sp³-hybridized carbons (Fsp3) is 0.571. The van der Waals surface area contributed by atoms with E-state index in [1.165, 1.54) is 6.92 Å². The van der Waals surface area contributed by atoms with Crippen molar-refractivity contribution in [2.45, 2.75) is 65.5 Å². The molecule has 0 unspecified atom stereocenters. The number of amides is 3. The molecule has 0 aromatic heterocycles. The van der Waals surface area contributed by atoms with Crippen molar-refractivity contribution < 1.29 is 19.1 Å². The second-order valence-electron chi connectivity index (χ2n) is 7.71. The number of carbonyl (C=O) groups excluding carboxylic acids is 3. The molecule has 0 saturated heterocycles. The topological polar surface area (TPSA) is 96.5 Å². The third-order valence-corrected chi connectivity index (χ3v) is 3.81. The molecule has 0 aliphatic carbocycles. The average Bonchev–Trinajstić information content (AvgIpc) is 2.60. The van der Waals surface area contributed by atoms with Gasteiger partial charge in [-0.15, -0.1) is 0 Å². The fourth-order valence-electron chi connectivity index (χ4n) is 2.43. The van der Waals surface area contributed by atoms with E-state index in [-0.39, 0.29) is 11.8 Å². The van der Waals surface area contributed by atoms with Gasteiger partial charge in [-0.1, -0.05) is 25.0 Å². The van der Waals surface area contributed by atoms with E-state index in [2.05, 4.69) is 16.0 Å². The number of hydrogen-bond acceptors (Lipinski definition) is 4. The van der Waals surface area contributed by atoms with Crippen molar-refractivity contribution in [2.75, 3.05) is 13.1 Å². The van der Waals surface area contributed by atoms with Crippen molar-refractivity contribution in [2.24, 2.45) is 0 Å². The number of alkyl carbamates (subject to hydrolysis) is 1. The van der Waals surface area contributed by atoms with Crippen LogP contribution in [0.3, 0.4) is 0 Å². The Bertz CT molecular complexity index is 636. The van der Waals surface area contributed by atoms with Gasteiger partial charge in [-0.25, -0.2) is 4.79 Å². The highest BCUT2D eigenvalue weighted by Gasteiger charge is 2.15. The van der Waals surface area contributed by atoms with E-state index in [4.69, 9.17) is 4.74 Å². The Morgan fingerprint density at radius 1 is 0.857 bits per heavy atom. The lowest BCUT2D eigenvalue weighted by Crippen LogP contribution is -2.32. The third kappa shape index (κ3) is 11.2. The first-order valence-electron chi connectivity index (χ1n) is 9.76. The summed E-state index contributed by atoms with van der Waals surface area (Å²) in [5, 5.41) is 8.36. The summed E-state index contributed by atoms with van der Waals surface area (Å²) in [6.45, 7) is 8.62. The summed E-state index contributed by atoms with van der Waals surface area (Å²) in [6.07, 6.45) is 3.42. The Morgan fingerprint density at radius 2 is 1.43 bits per heavy atom. The SMILES string of the molecule is CC(=O)NCCCCCCNC(=O)c1ccc(CNC(=O)OC(C)(C)C)cc1. The minimum absolute atomic E-state index is 0.00102. The minimum atomic E-state index is -0.530. The van der Waals surface area contributed by atoms with Gasteiger partial charge in [-0.3, -0.25) is 9.59 Å². The molecule has 0 radical (unpaired) electrons. The quantitative estimate of drug-likeness (QED) is 0.534. The largest absolute Gasteiger partial charge is 0.444 e. The summed E-state index contributed by atoms with van der Waals surface area (Å²) in [5.41, 5.74) is 0.950. The molecule has 7 heteroatoms. The molecule has 3 N–H and O–H groups in total. The van der Waals surface area contributed by atoms with Crippen LogP contribution in [-0.4, -0.2) is 36.6 Å². The first-order chi connectivity index (χ1) is 13.2. The Hall–Kier alpha value is -2.57. The second kappa shape index (κ2) is 12.0. The van der Waals surface area contributed by atoms with Gasteiger partial charge in [-0.05, 0) is 51.3 Å². The first-order valence-corrected chi connectivity index (χ1v) is 9.76. The monoisotopic (exact) mass is 391 g/mol. The molecule has 3 amide bonds. The number of carbonyl (C=O) groups is 3. The molecule has 0 fully saturated rings. The maximum atomic E-state index is 12.1. The predicted octanol–water partition coefficient (Wildman–Crippen LogP) is 3.14. The summed E-state index contributed by atoms with van der Waals surface area (Å²) in [7, 11) is 0. The molecule has 1 aromatic rings. The molecule has 0 atom stereocenters. The number of rotatable bonds is 10. The second-order valence-corrected chi connectivity index (χ2v) is 7.71. The Balaban J connectivity index is 2.23. The normalized spacial score (nSPS) is 10.9.